The number of carbonyl (C=O) groups excluding carboxylic acids is 1. The predicted octanol–water partition coefficient (Wildman–Crippen LogP) is 5.46. The van der Waals surface area contributed by atoms with Crippen LogP contribution in [0.1, 0.15) is 32.6 Å². The number of amides is 1. The maximum absolute atomic E-state index is 13.1. The van der Waals surface area contributed by atoms with Crippen molar-refractivity contribution in [1.82, 2.24) is 0 Å². The molecule has 0 spiro atoms. The Morgan fingerprint density at radius 1 is 0.760 bits per heavy atom. The van der Waals surface area contributed by atoms with E-state index in [-0.39, 0.29) is 5.91 Å². The zero-order chi connectivity index (χ0) is 17.4. The SMILES string of the molecule is Cc1ccc(N2C(=O)c3ccccc3C2=Cc2ccccc2)cc1C. The lowest BCUT2D eigenvalue weighted by Gasteiger charge is -2.20. The van der Waals surface area contributed by atoms with Crippen LogP contribution in [-0.4, -0.2) is 5.91 Å². The Bertz CT molecular complexity index is 986. The highest BCUT2D eigenvalue weighted by atomic mass is 16.2. The summed E-state index contributed by atoms with van der Waals surface area (Å²) in [5.41, 5.74) is 7.05. The molecule has 0 saturated carbocycles. The number of rotatable bonds is 2. The predicted molar refractivity (Wildman–Crippen MR) is 103 cm³/mol. The van der Waals surface area contributed by atoms with Crippen molar-refractivity contribution in [1.29, 1.82) is 0 Å². The third kappa shape index (κ3) is 2.66. The molecule has 2 nitrogen and oxygen atoms in total. The van der Waals surface area contributed by atoms with Crippen LogP contribution in [0.2, 0.25) is 0 Å². The molecule has 2 heteroatoms. The van der Waals surface area contributed by atoms with E-state index in [2.05, 4.69) is 44.2 Å². The number of aryl methyl sites for hydroxylation is 2. The van der Waals surface area contributed by atoms with E-state index < -0.39 is 0 Å². The maximum atomic E-state index is 13.1. The Hall–Kier alpha value is -3.13. The van der Waals surface area contributed by atoms with Gasteiger partial charge in [0.1, 0.15) is 0 Å². The molecular formula is C23H19NO. The molecule has 0 radical (unpaired) electrons. The number of hydrogen-bond acceptors (Lipinski definition) is 1. The van der Waals surface area contributed by atoms with Crippen LogP contribution in [0.15, 0.2) is 72.8 Å². The molecule has 1 aliphatic rings. The normalized spacial score (nSPS) is 14.9. The van der Waals surface area contributed by atoms with E-state index in [9.17, 15) is 4.79 Å². The second kappa shape index (κ2) is 6.06. The molecule has 122 valence electrons. The van der Waals surface area contributed by atoms with E-state index in [1.165, 1.54) is 11.1 Å². The standard InChI is InChI=1S/C23H19NO/c1-16-12-13-19(14-17(16)2)24-22(15-18-8-4-3-5-9-18)20-10-6-7-11-21(20)23(24)25/h3-15H,1-2H3. The van der Waals surface area contributed by atoms with Crippen molar-refractivity contribution in [3.8, 4) is 0 Å². The van der Waals surface area contributed by atoms with Crippen molar-refractivity contribution >= 4 is 23.4 Å². The van der Waals surface area contributed by atoms with Gasteiger partial charge < -0.3 is 0 Å². The fourth-order valence-electron chi connectivity index (χ4n) is 3.21. The fraction of sp³-hybridized carbons (Fsp3) is 0.0870. The highest BCUT2D eigenvalue weighted by Crippen LogP contribution is 2.38. The summed E-state index contributed by atoms with van der Waals surface area (Å²) in [5, 5.41) is 0. The molecule has 0 fully saturated rings. The van der Waals surface area contributed by atoms with Crippen molar-refractivity contribution < 1.29 is 4.79 Å². The lowest BCUT2D eigenvalue weighted by Crippen LogP contribution is -2.22. The van der Waals surface area contributed by atoms with Gasteiger partial charge in [0, 0.05) is 16.8 Å². The third-order valence-electron chi connectivity index (χ3n) is 4.73. The Kier molecular flexibility index (Phi) is 3.73. The van der Waals surface area contributed by atoms with Crippen LogP contribution in [-0.2, 0) is 0 Å². The van der Waals surface area contributed by atoms with Gasteiger partial charge in [0.15, 0.2) is 0 Å². The minimum atomic E-state index is 0.0287. The molecule has 3 aromatic carbocycles. The van der Waals surface area contributed by atoms with Crippen LogP contribution >= 0.6 is 0 Å². The first kappa shape index (κ1) is 15.4. The molecule has 0 aliphatic carbocycles. The molecule has 4 rings (SSSR count). The van der Waals surface area contributed by atoms with Crippen molar-refractivity contribution in [2.75, 3.05) is 4.90 Å². The Morgan fingerprint density at radius 2 is 1.44 bits per heavy atom. The van der Waals surface area contributed by atoms with Crippen molar-refractivity contribution in [2.24, 2.45) is 0 Å². The number of benzene rings is 3. The van der Waals surface area contributed by atoms with Gasteiger partial charge in [-0.3, -0.25) is 9.69 Å². The van der Waals surface area contributed by atoms with Gasteiger partial charge >= 0.3 is 0 Å². The quantitative estimate of drug-likeness (QED) is 0.612. The average Bonchev–Trinajstić information content (AvgIpc) is 2.91. The first-order valence-electron chi connectivity index (χ1n) is 8.43. The largest absolute Gasteiger partial charge is 0.276 e. The summed E-state index contributed by atoms with van der Waals surface area (Å²) in [4.78, 5) is 14.9. The summed E-state index contributed by atoms with van der Waals surface area (Å²) in [5.74, 6) is 0.0287. The van der Waals surface area contributed by atoms with Crippen LogP contribution in [0, 0.1) is 13.8 Å². The Labute approximate surface area is 148 Å². The molecule has 1 heterocycles. The van der Waals surface area contributed by atoms with Crippen molar-refractivity contribution in [2.45, 2.75) is 13.8 Å². The molecule has 0 N–H and O–H groups in total. The van der Waals surface area contributed by atoms with Gasteiger partial charge in [-0.05, 0) is 54.8 Å². The Balaban J connectivity index is 1.91. The minimum Gasteiger partial charge on any atom is -0.276 e. The fourth-order valence-corrected chi connectivity index (χ4v) is 3.21. The van der Waals surface area contributed by atoms with E-state index in [0.717, 1.165) is 28.1 Å². The first-order valence-corrected chi connectivity index (χ1v) is 8.43. The molecule has 0 aromatic heterocycles. The number of nitrogens with zero attached hydrogens (tertiary/aromatic N) is 1. The van der Waals surface area contributed by atoms with Gasteiger partial charge in [0.2, 0.25) is 0 Å². The van der Waals surface area contributed by atoms with Gasteiger partial charge in [-0.2, -0.15) is 0 Å². The molecule has 0 saturated heterocycles. The number of hydrogen-bond donors (Lipinski definition) is 0. The van der Waals surface area contributed by atoms with Gasteiger partial charge in [-0.25, -0.2) is 0 Å². The summed E-state index contributed by atoms with van der Waals surface area (Å²) in [6.07, 6.45) is 2.08. The third-order valence-corrected chi connectivity index (χ3v) is 4.73. The summed E-state index contributed by atoms with van der Waals surface area (Å²) < 4.78 is 0. The van der Waals surface area contributed by atoms with Gasteiger partial charge in [0.05, 0.1) is 5.70 Å². The van der Waals surface area contributed by atoms with Crippen molar-refractivity contribution in [3.05, 3.63) is 101 Å². The molecule has 1 amide bonds. The van der Waals surface area contributed by atoms with E-state index in [1.807, 2.05) is 53.4 Å². The molecule has 1 aliphatic heterocycles. The smallest absolute Gasteiger partial charge is 0.263 e. The lowest BCUT2D eigenvalue weighted by atomic mass is 10.1. The highest BCUT2D eigenvalue weighted by molar-refractivity contribution is 6.24. The van der Waals surface area contributed by atoms with Crippen molar-refractivity contribution in [3.63, 3.8) is 0 Å². The monoisotopic (exact) mass is 325 g/mol. The summed E-state index contributed by atoms with van der Waals surface area (Å²) in [6, 6.07) is 24.1. The Morgan fingerprint density at radius 3 is 2.16 bits per heavy atom. The minimum absolute atomic E-state index is 0.0287. The molecule has 0 bridgehead atoms. The number of carbonyl (C=O) groups is 1. The first-order chi connectivity index (χ1) is 12.1. The summed E-state index contributed by atoms with van der Waals surface area (Å²) in [7, 11) is 0. The van der Waals surface area contributed by atoms with E-state index in [0.29, 0.717) is 0 Å². The second-order valence-corrected chi connectivity index (χ2v) is 6.39. The van der Waals surface area contributed by atoms with Gasteiger partial charge in [0.25, 0.3) is 5.91 Å². The second-order valence-electron chi connectivity index (χ2n) is 6.39. The molecule has 0 atom stereocenters. The van der Waals surface area contributed by atoms with E-state index in [1.54, 1.807) is 0 Å². The maximum Gasteiger partial charge on any atom is 0.263 e. The zero-order valence-electron chi connectivity index (χ0n) is 14.4. The molecule has 0 unspecified atom stereocenters. The van der Waals surface area contributed by atoms with Crippen LogP contribution in [0.3, 0.4) is 0 Å². The summed E-state index contributed by atoms with van der Waals surface area (Å²) in [6.45, 7) is 4.16. The molecular weight excluding hydrogens is 306 g/mol. The van der Waals surface area contributed by atoms with E-state index >= 15 is 0 Å². The van der Waals surface area contributed by atoms with Crippen LogP contribution in [0.25, 0.3) is 11.8 Å². The number of anilines is 1. The summed E-state index contributed by atoms with van der Waals surface area (Å²) >= 11 is 0. The van der Waals surface area contributed by atoms with E-state index in [4.69, 9.17) is 0 Å². The zero-order valence-corrected chi connectivity index (χ0v) is 14.4. The van der Waals surface area contributed by atoms with Crippen LogP contribution in [0.5, 0.6) is 0 Å². The lowest BCUT2D eigenvalue weighted by molar-refractivity contribution is 0.101. The number of fused-ring (bicyclic) bond motifs is 1. The molecule has 25 heavy (non-hydrogen) atoms. The topological polar surface area (TPSA) is 20.3 Å². The molecule has 3 aromatic rings. The highest BCUT2D eigenvalue weighted by Gasteiger charge is 2.33. The average molecular weight is 325 g/mol. The van der Waals surface area contributed by atoms with Crippen LogP contribution in [0.4, 0.5) is 5.69 Å². The van der Waals surface area contributed by atoms with Gasteiger partial charge in [-0.15, -0.1) is 0 Å². The van der Waals surface area contributed by atoms with Crippen LogP contribution < -0.4 is 4.90 Å². The van der Waals surface area contributed by atoms with Gasteiger partial charge in [-0.1, -0.05) is 54.6 Å².